The van der Waals surface area contributed by atoms with E-state index in [1.807, 2.05) is 0 Å². The van der Waals surface area contributed by atoms with E-state index in [1.165, 1.54) is 35.2 Å². The number of halogens is 4. The molecule has 1 saturated heterocycles. The maximum absolute atomic E-state index is 15.0. The van der Waals surface area contributed by atoms with Crippen molar-refractivity contribution in [2.24, 2.45) is 0 Å². The van der Waals surface area contributed by atoms with Crippen molar-refractivity contribution in [3.63, 3.8) is 0 Å². The smallest absolute Gasteiger partial charge is 0.309 e. The summed E-state index contributed by atoms with van der Waals surface area (Å²) in [6, 6.07) is 12.8. The van der Waals surface area contributed by atoms with Crippen LogP contribution in [0.4, 0.5) is 8.78 Å². The molecular formula is C24H17Cl2F2NO4. The van der Waals surface area contributed by atoms with Crippen molar-refractivity contribution < 1.29 is 27.8 Å². The highest BCUT2D eigenvalue weighted by atomic mass is 35.5. The Morgan fingerprint density at radius 3 is 2.27 bits per heavy atom. The van der Waals surface area contributed by atoms with Crippen molar-refractivity contribution in [3.8, 4) is 11.5 Å². The Kier molecular flexibility index (Phi) is 5.64. The molecule has 3 aromatic carbocycles. The molecule has 1 fully saturated rings. The predicted molar refractivity (Wildman–Crippen MR) is 118 cm³/mol. The molecule has 170 valence electrons. The molecule has 2 aliphatic rings. The largest absolute Gasteiger partial charge is 0.440 e. The van der Waals surface area contributed by atoms with E-state index in [2.05, 4.69) is 0 Å². The number of amides is 1. The van der Waals surface area contributed by atoms with Gasteiger partial charge in [-0.1, -0.05) is 35.3 Å². The van der Waals surface area contributed by atoms with Gasteiger partial charge in [-0.2, -0.15) is 0 Å². The third-order valence-corrected chi connectivity index (χ3v) is 6.13. The van der Waals surface area contributed by atoms with Crippen molar-refractivity contribution in [2.75, 3.05) is 26.3 Å². The number of nitrogens with zero attached hydrogens (tertiary/aromatic N) is 1. The molecule has 0 radical (unpaired) electrons. The summed E-state index contributed by atoms with van der Waals surface area (Å²) >= 11 is 12.5. The number of rotatable bonds is 3. The first-order valence-electron chi connectivity index (χ1n) is 10.2. The molecular weight excluding hydrogens is 475 g/mol. The number of benzene rings is 3. The molecule has 5 nitrogen and oxygen atoms in total. The minimum Gasteiger partial charge on any atom is -0.440 e. The minimum atomic E-state index is -1.84. The second-order valence-corrected chi connectivity index (χ2v) is 8.45. The molecule has 0 N–H and O–H groups in total. The fourth-order valence-electron chi connectivity index (χ4n) is 3.98. The molecule has 0 aromatic heterocycles. The molecule has 33 heavy (non-hydrogen) atoms. The summed E-state index contributed by atoms with van der Waals surface area (Å²) in [6.07, 6.45) is 0. The SMILES string of the molecule is O=C(c1cc2c(cc1F)O[C@](c1ccccc1F)(c1ccc(Cl)cc1Cl)O2)N1CCOCC1. The van der Waals surface area contributed by atoms with E-state index in [4.69, 9.17) is 37.4 Å². The van der Waals surface area contributed by atoms with Crippen LogP contribution in [0.3, 0.4) is 0 Å². The monoisotopic (exact) mass is 491 g/mol. The number of ether oxygens (including phenoxy) is 3. The highest BCUT2D eigenvalue weighted by molar-refractivity contribution is 6.35. The van der Waals surface area contributed by atoms with E-state index >= 15 is 0 Å². The Labute approximate surface area is 198 Å². The molecule has 0 aliphatic carbocycles. The number of morpholine rings is 1. The van der Waals surface area contributed by atoms with Gasteiger partial charge in [-0.25, -0.2) is 8.78 Å². The lowest BCUT2D eigenvalue weighted by atomic mass is 9.96. The van der Waals surface area contributed by atoms with Gasteiger partial charge in [0.05, 0.1) is 34.9 Å². The maximum atomic E-state index is 15.0. The molecule has 0 spiro atoms. The Bertz CT molecular complexity index is 1250. The summed E-state index contributed by atoms with van der Waals surface area (Å²) in [5.74, 6) is -3.62. The Morgan fingerprint density at radius 2 is 1.58 bits per heavy atom. The summed E-state index contributed by atoms with van der Waals surface area (Å²) in [6.45, 7) is 1.46. The van der Waals surface area contributed by atoms with Crippen molar-refractivity contribution >= 4 is 29.1 Å². The fraction of sp³-hybridized carbons (Fsp3) is 0.208. The Balaban J connectivity index is 1.61. The van der Waals surface area contributed by atoms with E-state index in [0.717, 1.165) is 6.07 Å². The van der Waals surface area contributed by atoms with E-state index in [9.17, 15) is 13.6 Å². The van der Waals surface area contributed by atoms with Gasteiger partial charge in [0.15, 0.2) is 11.5 Å². The van der Waals surface area contributed by atoms with Crippen molar-refractivity contribution in [3.05, 3.63) is 93.0 Å². The first kappa shape index (κ1) is 21.9. The molecule has 0 unspecified atom stereocenters. The highest BCUT2D eigenvalue weighted by Crippen LogP contribution is 2.50. The maximum Gasteiger partial charge on any atom is 0.309 e. The predicted octanol–water partition coefficient (Wildman–Crippen LogP) is 5.42. The van der Waals surface area contributed by atoms with Gasteiger partial charge < -0.3 is 19.1 Å². The average molecular weight is 492 g/mol. The molecule has 3 aromatic rings. The van der Waals surface area contributed by atoms with Gasteiger partial charge in [0.25, 0.3) is 5.91 Å². The van der Waals surface area contributed by atoms with Crippen LogP contribution in [0.25, 0.3) is 0 Å². The topological polar surface area (TPSA) is 48.0 Å². The Hall–Kier alpha value is -2.87. The second-order valence-electron chi connectivity index (χ2n) is 7.61. The van der Waals surface area contributed by atoms with Crippen LogP contribution in [0.15, 0.2) is 54.6 Å². The third kappa shape index (κ3) is 3.80. The van der Waals surface area contributed by atoms with Crippen LogP contribution in [0.2, 0.25) is 10.0 Å². The van der Waals surface area contributed by atoms with Crippen molar-refractivity contribution in [2.45, 2.75) is 5.79 Å². The van der Waals surface area contributed by atoms with Crippen LogP contribution in [-0.4, -0.2) is 37.1 Å². The summed E-state index contributed by atoms with van der Waals surface area (Å²) in [5.41, 5.74) is 0.133. The van der Waals surface area contributed by atoms with Gasteiger partial charge in [-0.3, -0.25) is 4.79 Å². The molecule has 5 rings (SSSR count). The van der Waals surface area contributed by atoms with E-state index in [0.29, 0.717) is 31.3 Å². The summed E-state index contributed by atoms with van der Waals surface area (Å²) in [4.78, 5) is 14.4. The third-order valence-electron chi connectivity index (χ3n) is 5.58. The van der Waals surface area contributed by atoms with Crippen LogP contribution in [0, 0.1) is 11.6 Å². The lowest BCUT2D eigenvalue weighted by molar-refractivity contribution is -0.0486. The van der Waals surface area contributed by atoms with E-state index in [-0.39, 0.29) is 33.2 Å². The quantitative estimate of drug-likeness (QED) is 0.491. The minimum absolute atomic E-state index is 0.0142. The van der Waals surface area contributed by atoms with Gasteiger partial charge in [0.1, 0.15) is 11.6 Å². The van der Waals surface area contributed by atoms with Gasteiger partial charge in [-0.15, -0.1) is 0 Å². The lowest BCUT2D eigenvalue weighted by Gasteiger charge is -2.29. The number of fused-ring (bicyclic) bond motifs is 1. The van der Waals surface area contributed by atoms with Gasteiger partial charge in [-0.05, 0) is 36.4 Å². The standard InChI is InChI=1S/C24H17Cl2F2NO4/c25-14-5-6-16(18(26)11-14)24(17-3-1-2-4-19(17)27)32-21-12-15(20(28)13-22(21)33-24)23(30)29-7-9-31-10-8-29/h1-6,11-13H,7-10H2/t24-/m0/s1. The molecule has 0 saturated carbocycles. The number of hydrogen-bond donors (Lipinski definition) is 0. The molecule has 2 aliphatic heterocycles. The van der Waals surface area contributed by atoms with Gasteiger partial charge in [0, 0.05) is 24.2 Å². The molecule has 1 atom stereocenters. The normalized spacial score (nSPS) is 19.6. The number of carbonyl (C=O) groups is 1. The van der Waals surface area contributed by atoms with Crippen LogP contribution in [0.1, 0.15) is 21.5 Å². The van der Waals surface area contributed by atoms with Crippen LogP contribution < -0.4 is 9.47 Å². The molecule has 9 heteroatoms. The molecule has 1 amide bonds. The number of carbonyl (C=O) groups excluding carboxylic acids is 1. The number of hydrogen-bond acceptors (Lipinski definition) is 4. The van der Waals surface area contributed by atoms with Crippen molar-refractivity contribution in [1.82, 2.24) is 4.90 Å². The second kappa shape index (κ2) is 8.48. The fourth-order valence-corrected chi connectivity index (χ4v) is 4.51. The zero-order valence-corrected chi connectivity index (χ0v) is 18.6. The van der Waals surface area contributed by atoms with E-state index < -0.39 is 23.3 Å². The van der Waals surface area contributed by atoms with Crippen molar-refractivity contribution in [1.29, 1.82) is 0 Å². The first-order valence-corrected chi connectivity index (χ1v) is 10.9. The van der Waals surface area contributed by atoms with Crippen LogP contribution in [0.5, 0.6) is 11.5 Å². The zero-order chi connectivity index (χ0) is 23.2. The van der Waals surface area contributed by atoms with Crippen LogP contribution in [-0.2, 0) is 10.5 Å². The van der Waals surface area contributed by atoms with E-state index in [1.54, 1.807) is 18.2 Å². The molecule has 2 heterocycles. The van der Waals surface area contributed by atoms with Gasteiger partial charge in [0.2, 0.25) is 0 Å². The first-order chi connectivity index (χ1) is 15.9. The summed E-state index contributed by atoms with van der Waals surface area (Å²) < 4.78 is 47.4. The molecule has 0 bridgehead atoms. The average Bonchev–Trinajstić information content (AvgIpc) is 3.17. The lowest BCUT2D eigenvalue weighted by Crippen LogP contribution is -2.41. The van der Waals surface area contributed by atoms with Gasteiger partial charge >= 0.3 is 5.79 Å². The highest BCUT2D eigenvalue weighted by Gasteiger charge is 2.49. The summed E-state index contributed by atoms with van der Waals surface area (Å²) in [7, 11) is 0. The summed E-state index contributed by atoms with van der Waals surface area (Å²) in [5, 5.41) is 0.538. The van der Waals surface area contributed by atoms with Crippen LogP contribution >= 0.6 is 23.2 Å². The Morgan fingerprint density at radius 1 is 0.879 bits per heavy atom. The zero-order valence-electron chi connectivity index (χ0n) is 17.1.